The van der Waals surface area contributed by atoms with Crippen molar-refractivity contribution in [3.05, 3.63) is 29.8 Å². The Labute approximate surface area is 145 Å². The summed E-state index contributed by atoms with van der Waals surface area (Å²) >= 11 is 0. The molecule has 24 heavy (non-hydrogen) atoms. The Morgan fingerprint density at radius 1 is 1.04 bits per heavy atom. The highest BCUT2D eigenvalue weighted by molar-refractivity contribution is 5.69. The molecule has 2 rings (SSSR count). The van der Waals surface area contributed by atoms with Crippen LogP contribution < -0.4 is 4.74 Å². The predicted molar refractivity (Wildman–Crippen MR) is 94.3 cm³/mol. The summed E-state index contributed by atoms with van der Waals surface area (Å²) in [6, 6.07) is 7.94. The molecule has 0 aromatic heterocycles. The Kier molecular flexibility index (Phi) is 8.67. The monoisotopic (exact) mass is 334 g/mol. The molecule has 0 N–H and O–H groups in total. The molecular weight excluding hydrogens is 304 g/mol. The van der Waals surface area contributed by atoms with Crippen LogP contribution >= 0.6 is 0 Å². The van der Waals surface area contributed by atoms with E-state index in [0.717, 1.165) is 37.4 Å². The van der Waals surface area contributed by atoms with Crippen molar-refractivity contribution in [1.82, 2.24) is 0 Å². The largest absolute Gasteiger partial charge is 0.494 e. The van der Waals surface area contributed by atoms with E-state index in [0.29, 0.717) is 18.9 Å². The zero-order valence-electron chi connectivity index (χ0n) is 14.8. The molecule has 0 heterocycles. The highest BCUT2D eigenvalue weighted by Gasteiger charge is 2.12. The van der Waals surface area contributed by atoms with E-state index in [1.165, 1.54) is 39.2 Å². The molecule has 1 aromatic carbocycles. The van der Waals surface area contributed by atoms with Crippen LogP contribution in [0.5, 0.6) is 5.75 Å². The van der Waals surface area contributed by atoms with Gasteiger partial charge in [-0.05, 0) is 49.8 Å². The molecule has 134 valence electrons. The maximum absolute atomic E-state index is 11.1. The van der Waals surface area contributed by atoms with Gasteiger partial charge in [0.2, 0.25) is 0 Å². The number of benzene rings is 1. The molecule has 1 aromatic rings. The lowest BCUT2D eigenvalue weighted by Gasteiger charge is -2.21. The quantitative estimate of drug-likeness (QED) is 0.473. The van der Waals surface area contributed by atoms with Crippen LogP contribution in [0.15, 0.2) is 24.3 Å². The molecule has 0 bridgehead atoms. The highest BCUT2D eigenvalue weighted by atomic mass is 16.5. The Morgan fingerprint density at radius 2 is 1.75 bits per heavy atom. The second kappa shape index (κ2) is 11.1. The maximum Gasteiger partial charge on any atom is 0.305 e. The van der Waals surface area contributed by atoms with Gasteiger partial charge in [-0.15, -0.1) is 0 Å². The lowest BCUT2D eigenvalue weighted by Crippen LogP contribution is -2.17. The fourth-order valence-electron chi connectivity index (χ4n) is 2.98. The fraction of sp³-hybridized carbons (Fsp3) is 0.650. The van der Waals surface area contributed by atoms with E-state index in [-0.39, 0.29) is 5.97 Å². The zero-order valence-corrected chi connectivity index (χ0v) is 14.8. The predicted octanol–water partition coefficient (Wildman–Crippen LogP) is 4.30. The maximum atomic E-state index is 11.1. The molecule has 4 heteroatoms. The normalized spacial score (nSPS) is 15.2. The average molecular weight is 334 g/mol. The first-order chi connectivity index (χ1) is 11.8. The number of hydrogen-bond acceptors (Lipinski definition) is 4. The van der Waals surface area contributed by atoms with Gasteiger partial charge in [0.15, 0.2) is 0 Å². The van der Waals surface area contributed by atoms with Crippen LogP contribution in [-0.2, 0) is 20.7 Å². The summed E-state index contributed by atoms with van der Waals surface area (Å²) in [6.45, 7) is 1.57. The van der Waals surface area contributed by atoms with E-state index >= 15 is 0 Å². The number of esters is 1. The van der Waals surface area contributed by atoms with Gasteiger partial charge in [-0.1, -0.05) is 31.4 Å². The molecule has 0 aliphatic heterocycles. The number of unbranched alkanes of at least 4 members (excludes halogenated alkanes) is 1. The fourth-order valence-corrected chi connectivity index (χ4v) is 2.98. The van der Waals surface area contributed by atoms with Crippen molar-refractivity contribution in [3.8, 4) is 5.75 Å². The van der Waals surface area contributed by atoms with Crippen LogP contribution in [0.4, 0.5) is 0 Å². The van der Waals surface area contributed by atoms with Crippen LogP contribution in [0, 0.1) is 0 Å². The molecule has 1 aliphatic rings. The molecule has 0 amide bonds. The molecule has 0 saturated heterocycles. The summed E-state index contributed by atoms with van der Waals surface area (Å²) in [5.41, 5.74) is 1.12. The van der Waals surface area contributed by atoms with Crippen molar-refractivity contribution in [3.63, 3.8) is 0 Å². The first-order valence-corrected chi connectivity index (χ1v) is 9.18. The lowest BCUT2D eigenvalue weighted by atomic mass is 9.98. The minimum absolute atomic E-state index is 0.175. The Hall–Kier alpha value is -1.55. The summed E-state index contributed by atoms with van der Waals surface area (Å²) < 4.78 is 16.3. The van der Waals surface area contributed by atoms with E-state index in [2.05, 4.69) is 4.74 Å². The van der Waals surface area contributed by atoms with Crippen molar-refractivity contribution in [2.45, 2.75) is 63.9 Å². The number of hydrogen-bond donors (Lipinski definition) is 0. The summed E-state index contributed by atoms with van der Waals surface area (Å²) in [5.74, 6) is 0.704. The van der Waals surface area contributed by atoms with Crippen LogP contribution in [0.25, 0.3) is 0 Å². The number of aryl methyl sites for hydroxylation is 1. The lowest BCUT2D eigenvalue weighted by molar-refractivity contribution is -0.140. The summed E-state index contributed by atoms with van der Waals surface area (Å²) in [5, 5.41) is 0. The van der Waals surface area contributed by atoms with Crippen LogP contribution in [0.3, 0.4) is 0 Å². The molecule has 1 fully saturated rings. The van der Waals surface area contributed by atoms with Gasteiger partial charge in [0.25, 0.3) is 0 Å². The van der Waals surface area contributed by atoms with Crippen LogP contribution in [0.2, 0.25) is 0 Å². The summed E-state index contributed by atoms with van der Waals surface area (Å²) in [7, 11) is 1.42. The SMILES string of the molecule is COC(=O)CCc1ccc(OCCCCOC2CCCCC2)cc1. The van der Waals surface area contributed by atoms with Crippen molar-refractivity contribution < 1.29 is 19.0 Å². The summed E-state index contributed by atoms with van der Waals surface area (Å²) in [6.07, 6.45) is 10.2. The topological polar surface area (TPSA) is 44.8 Å². The van der Waals surface area contributed by atoms with Gasteiger partial charge in [0, 0.05) is 13.0 Å². The number of carbonyl (C=O) groups excluding carboxylic acids is 1. The molecule has 0 radical (unpaired) electrons. The van der Waals surface area contributed by atoms with Gasteiger partial charge < -0.3 is 14.2 Å². The standard InChI is InChI=1S/C20H30O4/c1-22-20(21)14-11-17-9-12-19(13-10-17)24-16-6-5-15-23-18-7-3-2-4-8-18/h9-10,12-13,18H,2-8,11,14-16H2,1H3. The van der Waals surface area contributed by atoms with E-state index in [9.17, 15) is 4.79 Å². The van der Waals surface area contributed by atoms with Gasteiger partial charge in [0.1, 0.15) is 5.75 Å². The average Bonchev–Trinajstić information content (AvgIpc) is 2.64. The first-order valence-electron chi connectivity index (χ1n) is 9.18. The minimum atomic E-state index is -0.175. The molecule has 4 nitrogen and oxygen atoms in total. The van der Waals surface area contributed by atoms with Crippen LogP contribution in [0.1, 0.15) is 56.9 Å². The third-order valence-corrected chi connectivity index (χ3v) is 4.48. The third-order valence-electron chi connectivity index (χ3n) is 4.48. The molecule has 1 aliphatic carbocycles. The van der Waals surface area contributed by atoms with E-state index in [1.54, 1.807) is 0 Å². The molecule has 0 spiro atoms. The van der Waals surface area contributed by atoms with Crippen molar-refractivity contribution in [2.24, 2.45) is 0 Å². The van der Waals surface area contributed by atoms with Crippen LogP contribution in [-0.4, -0.2) is 32.4 Å². The van der Waals surface area contributed by atoms with Crippen molar-refractivity contribution in [1.29, 1.82) is 0 Å². The number of methoxy groups -OCH3 is 1. The Balaban J connectivity index is 1.53. The smallest absolute Gasteiger partial charge is 0.305 e. The van der Waals surface area contributed by atoms with E-state index < -0.39 is 0 Å². The molecular formula is C20H30O4. The first kappa shape index (κ1) is 18.8. The van der Waals surface area contributed by atoms with Gasteiger partial charge in [-0.25, -0.2) is 0 Å². The highest BCUT2D eigenvalue weighted by Crippen LogP contribution is 2.20. The second-order valence-corrected chi connectivity index (χ2v) is 6.41. The van der Waals surface area contributed by atoms with E-state index in [1.807, 2.05) is 24.3 Å². The summed E-state index contributed by atoms with van der Waals surface area (Å²) in [4.78, 5) is 11.1. The zero-order chi connectivity index (χ0) is 17.0. The molecule has 0 atom stereocenters. The third kappa shape index (κ3) is 7.35. The Bertz CT molecular complexity index is 463. The van der Waals surface area contributed by atoms with Gasteiger partial charge >= 0.3 is 5.97 Å². The number of ether oxygens (including phenoxy) is 3. The van der Waals surface area contributed by atoms with Crippen molar-refractivity contribution in [2.75, 3.05) is 20.3 Å². The van der Waals surface area contributed by atoms with Gasteiger partial charge in [0.05, 0.1) is 19.8 Å². The van der Waals surface area contributed by atoms with Gasteiger partial charge in [-0.2, -0.15) is 0 Å². The number of carbonyl (C=O) groups is 1. The van der Waals surface area contributed by atoms with E-state index in [4.69, 9.17) is 9.47 Å². The number of rotatable bonds is 10. The minimum Gasteiger partial charge on any atom is -0.494 e. The second-order valence-electron chi connectivity index (χ2n) is 6.41. The van der Waals surface area contributed by atoms with Gasteiger partial charge in [-0.3, -0.25) is 4.79 Å². The molecule has 1 saturated carbocycles. The molecule has 0 unspecified atom stereocenters. The van der Waals surface area contributed by atoms with Crippen molar-refractivity contribution >= 4 is 5.97 Å². The Morgan fingerprint density at radius 3 is 2.46 bits per heavy atom.